The van der Waals surface area contributed by atoms with Crippen LogP contribution in [0.15, 0.2) is 12.3 Å². The van der Waals surface area contributed by atoms with Gasteiger partial charge in [-0.25, -0.2) is 0 Å². The standard InChI is InChI=1S/C8H8N2/c1-3-7-5-6-9-10-8(7)4-2/h2,5-6H,3H2,1H3. The number of rotatable bonds is 1. The van der Waals surface area contributed by atoms with E-state index in [1.807, 2.05) is 13.0 Å². The van der Waals surface area contributed by atoms with Crippen LogP contribution in [0.2, 0.25) is 0 Å². The Kier molecular flexibility index (Phi) is 2.01. The smallest absolute Gasteiger partial charge is 0.138 e. The average Bonchev–Trinajstić information content (AvgIpc) is 2.04. The van der Waals surface area contributed by atoms with Crippen molar-refractivity contribution in [2.45, 2.75) is 13.3 Å². The van der Waals surface area contributed by atoms with Crippen LogP contribution in [0.5, 0.6) is 0 Å². The van der Waals surface area contributed by atoms with Crippen LogP contribution in [0.25, 0.3) is 0 Å². The molecule has 0 radical (unpaired) electrons. The van der Waals surface area contributed by atoms with Gasteiger partial charge in [0.1, 0.15) is 5.69 Å². The van der Waals surface area contributed by atoms with E-state index in [1.54, 1.807) is 6.20 Å². The molecule has 0 aromatic carbocycles. The highest BCUT2D eigenvalue weighted by Gasteiger charge is 1.95. The van der Waals surface area contributed by atoms with E-state index in [1.165, 1.54) is 0 Å². The molecule has 2 nitrogen and oxygen atoms in total. The first-order valence-corrected chi connectivity index (χ1v) is 3.15. The summed E-state index contributed by atoms with van der Waals surface area (Å²) in [6.45, 7) is 2.04. The van der Waals surface area contributed by atoms with Gasteiger partial charge in [-0.05, 0) is 24.0 Å². The molecule has 50 valence electrons. The van der Waals surface area contributed by atoms with E-state index in [-0.39, 0.29) is 0 Å². The molecule has 1 aromatic rings. The summed E-state index contributed by atoms with van der Waals surface area (Å²) < 4.78 is 0. The minimum Gasteiger partial charge on any atom is -0.158 e. The van der Waals surface area contributed by atoms with Crippen molar-refractivity contribution in [3.63, 3.8) is 0 Å². The summed E-state index contributed by atoms with van der Waals surface area (Å²) in [4.78, 5) is 0. The number of aromatic nitrogens is 2. The Labute approximate surface area is 60.3 Å². The maximum atomic E-state index is 5.17. The number of aryl methyl sites for hydroxylation is 1. The van der Waals surface area contributed by atoms with E-state index in [9.17, 15) is 0 Å². The number of hydrogen-bond acceptors (Lipinski definition) is 2. The van der Waals surface area contributed by atoms with Crippen LogP contribution in [-0.2, 0) is 6.42 Å². The number of nitrogens with zero attached hydrogens (tertiary/aromatic N) is 2. The van der Waals surface area contributed by atoms with Gasteiger partial charge in [0.25, 0.3) is 0 Å². The second kappa shape index (κ2) is 2.98. The molecule has 0 unspecified atom stereocenters. The van der Waals surface area contributed by atoms with Crippen LogP contribution in [-0.4, -0.2) is 10.2 Å². The lowest BCUT2D eigenvalue weighted by atomic mass is 10.2. The lowest BCUT2D eigenvalue weighted by molar-refractivity contribution is 0.965. The average molecular weight is 132 g/mol. The predicted molar refractivity (Wildman–Crippen MR) is 39.3 cm³/mol. The fourth-order valence-corrected chi connectivity index (χ4v) is 0.764. The molecule has 0 aliphatic heterocycles. The molecule has 0 saturated heterocycles. The molecule has 0 fully saturated rings. The van der Waals surface area contributed by atoms with E-state index in [2.05, 4.69) is 16.1 Å². The molecule has 0 atom stereocenters. The molecule has 2 heteroatoms. The summed E-state index contributed by atoms with van der Waals surface area (Å²) in [5.74, 6) is 2.47. The van der Waals surface area contributed by atoms with E-state index < -0.39 is 0 Å². The Morgan fingerprint density at radius 1 is 1.70 bits per heavy atom. The summed E-state index contributed by atoms with van der Waals surface area (Å²) in [7, 11) is 0. The van der Waals surface area contributed by atoms with Crippen LogP contribution in [0, 0.1) is 12.3 Å². The largest absolute Gasteiger partial charge is 0.158 e. The van der Waals surface area contributed by atoms with Crippen molar-refractivity contribution in [2.24, 2.45) is 0 Å². The minimum absolute atomic E-state index is 0.657. The Hall–Kier alpha value is -1.36. The van der Waals surface area contributed by atoms with Crippen LogP contribution in [0.1, 0.15) is 18.2 Å². The highest BCUT2D eigenvalue weighted by Crippen LogP contribution is 2.01. The maximum Gasteiger partial charge on any atom is 0.138 e. The summed E-state index contributed by atoms with van der Waals surface area (Å²) in [6.07, 6.45) is 7.74. The molecular formula is C8H8N2. The summed E-state index contributed by atoms with van der Waals surface area (Å²) in [6, 6.07) is 1.89. The summed E-state index contributed by atoms with van der Waals surface area (Å²) in [5.41, 5.74) is 1.74. The Morgan fingerprint density at radius 2 is 2.50 bits per heavy atom. The second-order valence-corrected chi connectivity index (χ2v) is 1.90. The van der Waals surface area contributed by atoms with Crippen molar-refractivity contribution in [1.82, 2.24) is 10.2 Å². The maximum absolute atomic E-state index is 5.17. The van der Waals surface area contributed by atoms with Gasteiger partial charge >= 0.3 is 0 Å². The number of terminal acetylenes is 1. The topological polar surface area (TPSA) is 25.8 Å². The van der Waals surface area contributed by atoms with E-state index in [4.69, 9.17) is 6.42 Å². The van der Waals surface area contributed by atoms with E-state index in [0.29, 0.717) is 5.69 Å². The fraction of sp³-hybridized carbons (Fsp3) is 0.250. The van der Waals surface area contributed by atoms with Gasteiger partial charge < -0.3 is 0 Å². The molecule has 1 rings (SSSR count). The van der Waals surface area contributed by atoms with Crippen LogP contribution < -0.4 is 0 Å². The SMILES string of the molecule is C#Cc1nnccc1CC. The van der Waals surface area contributed by atoms with Crippen LogP contribution in [0.3, 0.4) is 0 Å². The normalized spacial score (nSPS) is 8.80. The molecule has 0 aliphatic rings. The minimum atomic E-state index is 0.657. The summed E-state index contributed by atoms with van der Waals surface area (Å²) >= 11 is 0. The molecule has 1 heterocycles. The highest BCUT2D eigenvalue weighted by molar-refractivity contribution is 5.31. The van der Waals surface area contributed by atoms with Gasteiger partial charge in [0.05, 0.1) is 0 Å². The third kappa shape index (κ3) is 1.14. The van der Waals surface area contributed by atoms with Crippen LogP contribution in [0.4, 0.5) is 0 Å². The lowest BCUT2D eigenvalue weighted by Crippen LogP contribution is -1.92. The lowest BCUT2D eigenvalue weighted by Gasteiger charge is -1.95. The van der Waals surface area contributed by atoms with Gasteiger partial charge in [-0.2, -0.15) is 5.10 Å². The van der Waals surface area contributed by atoms with Gasteiger partial charge in [0.15, 0.2) is 0 Å². The molecule has 0 aliphatic carbocycles. The third-order valence-electron chi connectivity index (χ3n) is 1.32. The Balaban J connectivity index is 3.12. The molecule has 0 bridgehead atoms. The third-order valence-corrected chi connectivity index (χ3v) is 1.32. The van der Waals surface area contributed by atoms with Crippen molar-refractivity contribution in [3.8, 4) is 12.3 Å². The second-order valence-electron chi connectivity index (χ2n) is 1.90. The molecule has 0 spiro atoms. The molecule has 0 saturated carbocycles. The first kappa shape index (κ1) is 6.76. The molecular weight excluding hydrogens is 124 g/mol. The van der Waals surface area contributed by atoms with Crippen molar-refractivity contribution >= 4 is 0 Å². The number of hydrogen-bond donors (Lipinski definition) is 0. The van der Waals surface area contributed by atoms with Gasteiger partial charge in [-0.3, -0.25) is 0 Å². The predicted octanol–water partition coefficient (Wildman–Crippen LogP) is 1.02. The Morgan fingerprint density at radius 3 is 3.00 bits per heavy atom. The molecule has 10 heavy (non-hydrogen) atoms. The zero-order chi connectivity index (χ0) is 7.40. The zero-order valence-corrected chi connectivity index (χ0v) is 5.83. The van der Waals surface area contributed by atoms with Gasteiger partial charge in [0.2, 0.25) is 0 Å². The van der Waals surface area contributed by atoms with Gasteiger partial charge in [-0.15, -0.1) is 11.5 Å². The van der Waals surface area contributed by atoms with Crippen molar-refractivity contribution in [1.29, 1.82) is 0 Å². The van der Waals surface area contributed by atoms with Gasteiger partial charge in [0, 0.05) is 6.20 Å². The quantitative estimate of drug-likeness (QED) is 0.533. The zero-order valence-electron chi connectivity index (χ0n) is 5.83. The van der Waals surface area contributed by atoms with Crippen LogP contribution >= 0.6 is 0 Å². The summed E-state index contributed by atoms with van der Waals surface area (Å²) in [5, 5.41) is 7.45. The molecule has 1 aromatic heterocycles. The molecule has 0 amide bonds. The van der Waals surface area contributed by atoms with Crippen molar-refractivity contribution in [2.75, 3.05) is 0 Å². The van der Waals surface area contributed by atoms with Crippen molar-refractivity contribution < 1.29 is 0 Å². The fourth-order valence-electron chi connectivity index (χ4n) is 0.764. The van der Waals surface area contributed by atoms with Gasteiger partial charge in [-0.1, -0.05) is 6.92 Å². The highest BCUT2D eigenvalue weighted by atomic mass is 15.1. The monoisotopic (exact) mass is 132 g/mol. The molecule has 0 N–H and O–H groups in total. The van der Waals surface area contributed by atoms with E-state index >= 15 is 0 Å². The Bertz CT molecular complexity index is 260. The van der Waals surface area contributed by atoms with E-state index in [0.717, 1.165) is 12.0 Å². The first-order chi connectivity index (χ1) is 4.88. The van der Waals surface area contributed by atoms with Crippen molar-refractivity contribution in [3.05, 3.63) is 23.5 Å². The first-order valence-electron chi connectivity index (χ1n) is 3.15.